The van der Waals surface area contributed by atoms with Crippen LogP contribution >= 0.6 is 0 Å². The fraction of sp³-hybridized carbons (Fsp3) is 0.308. The number of nitrogens with two attached hydrogens (primary N) is 1. The number of oxazole rings is 1. The first-order chi connectivity index (χ1) is 17.6. The third-order valence-corrected chi connectivity index (χ3v) is 7.96. The number of hydrogen-bond acceptors (Lipinski definition) is 8. The number of nitrogens with zero attached hydrogens (tertiary/aromatic N) is 5. The summed E-state index contributed by atoms with van der Waals surface area (Å²) in [6, 6.07) is 5.44. The summed E-state index contributed by atoms with van der Waals surface area (Å²) in [5.74, 6) is -2.21. The van der Waals surface area contributed by atoms with Crippen LogP contribution in [-0.2, 0) is 10.2 Å². The maximum Gasteiger partial charge on any atom is 0.252 e. The molecule has 3 N–H and O–H groups in total. The van der Waals surface area contributed by atoms with E-state index in [9.17, 15) is 18.7 Å². The fourth-order valence-corrected chi connectivity index (χ4v) is 6.11. The van der Waals surface area contributed by atoms with E-state index >= 15 is 0 Å². The summed E-state index contributed by atoms with van der Waals surface area (Å²) in [4.78, 5) is 24.6. The largest absolute Gasteiger partial charge is 0.443 e. The topological polar surface area (TPSA) is 141 Å². The second kappa shape index (κ2) is 7.94. The molecule has 37 heavy (non-hydrogen) atoms. The van der Waals surface area contributed by atoms with Gasteiger partial charge in [0.2, 0.25) is 5.89 Å². The molecule has 188 valence electrons. The summed E-state index contributed by atoms with van der Waals surface area (Å²) >= 11 is 0. The van der Waals surface area contributed by atoms with Crippen molar-refractivity contribution in [2.24, 2.45) is 11.1 Å². The molecule has 1 saturated carbocycles. The third kappa shape index (κ3) is 3.16. The molecule has 9 nitrogen and oxygen atoms in total. The SMILES string of the molecule is CC1(C)[C@H]2CC[C@]1(c1cncc(-c3nc([C@H](O)C(N)=O)co3)n1)c1nnc(-c3c(F)cccc3F)cc12. The molecule has 3 heterocycles. The van der Waals surface area contributed by atoms with Gasteiger partial charge in [0.1, 0.15) is 29.3 Å². The average Bonchev–Trinajstić information content (AvgIpc) is 3.52. The molecule has 11 heteroatoms. The Morgan fingerprint density at radius 3 is 2.65 bits per heavy atom. The highest BCUT2D eigenvalue weighted by Crippen LogP contribution is 2.69. The molecule has 1 fully saturated rings. The second-order valence-corrected chi connectivity index (χ2v) is 10.0. The normalized spacial score (nSPS) is 22.1. The Kier molecular flexibility index (Phi) is 5.00. The van der Waals surface area contributed by atoms with Gasteiger partial charge in [-0.2, -0.15) is 5.10 Å². The van der Waals surface area contributed by atoms with Gasteiger partial charge in [-0.05, 0) is 47.9 Å². The molecule has 2 bridgehead atoms. The van der Waals surface area contributed by atoms with Gasteiger partial charge < -0.3 is 15.3 Å². The Bertz CT molecular complexity index is 1550. The number of aromatic nitrogens is 5. The molecule has 2 aliphatic rings. The number of fused-ring (bicyclic) bond motifs is 5. The summed E-state index contributed by atoms with van der Waals surface area (Å²) in [5.41, 5.74) is 6.59. The number of carbonyl (C=O) groups is 1. The number of amides is 1. The summed E-state index contributed by atoms with van der Waals surface area (Å²) < 4.78 is 34.4. The van der Waals surface area contributed by atoms with Gasteiger partial charge in [-0.25, -0.2) is 18.7 Å². The second-order valence-electron chi connectivity index (χ2n) is 10.0. The number of aliphatic hydroxyl groups excluding tert-OH is 1. The number of carbonyl (C=O) groups excluding carboxylic acids is 1. The Labute approximate surface area is 209 Å². The zero-order valence-electron chi connectivity index (χ0n) is 19.9. The van der Waals surface area contributed by atoms with E-state index in [1.165, 1.54) is 24.4 Å². The van der Waals surface area contributed by atoms with E-state index in [0.717, 1.165) is 24.7 Å². The zero-order chi connectivity index (χ0) is 26.1. The molecule has 0 aliphatic heterocycles. The lowest BCUT2D eigenvalue weighted by Gasteiger charge is -2.37. The van der Waals surface area contributed by atoms with Crippen molar-refractivity contribution in [1.29, 1.82) is 0 Å². The monoisotopic (exact) mass is 504 g/mol. The van der Waals surface area contributed by atoms with Crippen molar-refractivity contribution in [3.8, 4) is 22.8 Å². The number of primary amides is 1. The predicted molar refractivity (Wildman–Crippen MR) is 126 cm³/mol. The molecule has 6 rings (SSSR count). The maximum absolute atomic E-state index is 14.5. The van der Waals surface area contributed by atoms with Crippen molar-refractivity contribution in [3.63, 3.8) is 0 Å². The first-order valence-corrected chi connectivity index (χ1v) is 11.7. The summed E-state index contributed by atoms with van der Waals surface area (Å²) in [6.45, 7) is 4.24. The van der Waals surface area contributed by atoms with Gasteiger partial charge in [-0.3, -0.25) is 9.78 Å². The van der Waals surface area contributed by atoms with Gasteiger partial charge >= 0.3 is 0 Å². The molecular formula is C26H22F2N6O3. The van der Waals surface area contributed by atoms with Crippen LogP contribution in [0.3, 0.4) is 0 Å². The predicted octanol–water partition coefficient (Wildman–Crippen LogP) is 3.59. The quantitative estimate of drug-likeness (QED) is 0.420. The van der Waals surface area contributed by atoms with Crippen molar-refractivity contribution >= 4 is 5.91 Å². The van der Waals surface area contributed by atoms with Gasteiger partial charge in [0.15, 0.2) is 6.10 Å². The van der Waals surface area contributed by atoms with Crippen molar-refractivity contribution in [2.45, 2.75) is 44.1 Å². The molecule has 0 saturated heterocycles. The van der Waals surface area contributed by atoms with E-state index in [1.807, 2.05) is 0 Å². The molecular weight excluding hydrogens is 482 g/mol. The van der Waals surface area contributed by atoms with E-state index in [-0.39, 0.29) is 34.2 Å². The molecule has 2 aliphatic carbocycles. The molecule has 0 spiro atoms. The van der Waals surface area contributed by atoms with Gasteiger partial charge in [0, 0.05) is 6.20 Å². The number of benzene rings is 1. The maximum atomic E-state index is 14.5. The molecule has 3 aromatic heterocycles. The van der Waals surface area contributed by atoms with Crippen LogP contribution in [0, 0.1) is 17.0 Å². The van der Waals surface area contributed by atoms with Crippen LogP contribution in [-0.4, -0.2) is 36.2 Å². The summed E-state index contributed by atoms with van der Waals surface area (Å²) in [6.07, 6.45) is 4.23. The summed E-state index contributed by atoms with van der Waals surface area (Å²) in [7, 11) is 0. The van der Waals surface area contributed by atoms with Crippen LogP contribution in [0.25, 0.3) is 22.8 Å². The lowest BCUT2D eigenvalue weighted by atomic mass is 9.66. The lowest BCUT2D eigenvalue weighted by Crippen LogP contribution is -2.38. The zero-order valence-corrected chi connectivity index (χ0v) is 19.9. The third-order valence-electron chi connectivity index (χ3n) is 7.96. The van der Waals surface area contributed by atoms with Crippen LogP contribution in [0.2, 0.25) is 0 Å². The first kappa shape index (κ1) is 23.3. The van der Waals surface area contributed by atoms with Crippen LogP contribution in [0.1, 0.15) is 61.4 Å². The Hall–Kier alpha value is -4.12. The van der Waals surface area contributed by atoms with Crippen LogP contribution in [0.5, 0.6) is 0 Å². The minimum absolute atomic E-state index is 0.0286. The van der Waals surface area contributed by atoms with Gasteiger partial charge in [-0.15, -0.1) is 5.10 Å². The molecule has 3 atom stereocenters. The van der Waals surface area contributed by atoms with Crippen molar-refractivity contribution in [1.82, 2.24) is 25.1 Å². The van der Waals surface area contributed by atoms with E-state index in [0.29, 0.717) is 17.1 Å². The Morgan fingerprint density at radius 1 is 1.16 bits per heavy atom. The van der Waals surface area contributed by atoms with Crippen LogP contribution in [0.4, 0.5) is 8.78 Å². The minimum atomic E-state index is -1.60. The molecule has 0 radical (unpaired) electrons. The highest BCUT2D eigenvalue weighted by atomic mass is 19.1. The lowest BCUT2D eigenvalue weighted by molar-refractivity contribution is -0.126. The standard InChI is InChI=1S/C26H22F2N6O3/c1-25(2)13-6-7-26(25,22-12(13)8-16(33-34-22)20-14(27)4-3-5-15(20)28)19-10-30-9-17(31-19)24-32-18(11-37-24)21(35)23(29)36/h3-5,8-11,13,21,35H,6-7H2,1-2H3,(H2,29,36)/t13-,21-,26-/m0/s1. The average molecular weight is 504 g/mol. The van der Waals surface area contributed by atoms with E-state index in [4.69, 9.17) is 15.1 Å². The van der Waals surface area contributed by atoms with Crippen LogP contribution in [0.15, 0.2) is 47.3 Å². The smallest absolute Gasteiger partial charge is 0.252 e. The summed E-state index contributed by atoms with van der Waals surface area (Å²) in [5, 5.41) is 18.6. The van der Waals surface area contributed by atoms with Crippen molar-refractivity contribution in [3.05, 3.63) is 77.2 Å². The van der Waals surface area contributed by atoms with Crippen molar-refractivity contribution < 1.29 is 23.1 Å². The fourth-order valence-electron chi connectivity index (χ4n) is 6.11. The van der Waals surface area contributed by atoms with Gasteiger partial charge in [0.05, 0.1) is 34.3 Å². The number of halogens is 2. The highest BCUT2D eigenvalue weighted by molar-refractivity contribution is 5.79. The minimum Gasteiger partial charge on any atom is -0.443 e. The molecule has 4 aromatic rings. The van der Waals surface area contributed by atoms with Gasteiger partial charge in [-0.1, -0.05) is 19.9 Å². The number of aliphatic hydroxyl groups is 1. The Morgan fingerprint density at radius 2 is 1.92 bits per heavy atom. The molecule has 0 unspecified atom stereocenters. The van der Waals surface area contributed by atoms with E-state index in [2.05, 4.69) is 34.0 Å². The van der Waals surface area contributed by atoms with E-state index in [1.54, 1.807) is 12.3 Å². The highest BCUT2D eigenvalue weighted by Gasteiger charge is 2.65. The first-order valence-electron chi connectivity index (χ1n) is 11.7. The number of hydrogen-bond donors (Lipinski definition) is 2. The van der Waals surface area contributed by atoms with Gasteiger partial charge in [0.25, 0.3) is 5.91 Å². The molecule has 1 aromatic carbocycles. The van der Waals surface area contributed by atoms with Crippen LogP contribution < -0.4 is 5.73 Å². The van der Waals surface area contributed by atoms with E-state index < -0.39 is 29.1 Å². The molecule has 1 amide bonds. The number of rotatable bonds is 5. The Balaban J connectivity index is 1.46. The van der Waals surface area contributed by atoms with Crippen molar-refractivity contribution in [2.75, 3.05) is 0 Å².